The SMILES string of the molecule is CC(C)CCC[C@@H](C)[C@H]1CC[C@H]2[C@@H]3CC=C4C[C@@H](OC(=O)[C@H](C)O)CC[C@]4(C)[C@H]3CC[C@]12C. The van der Waals surface area contributed by atoms with Gasteiger partial charge in [-0.3, -0.25) is 0 Å². The molecule has 0 bridgehead atoms. The maximum Gasteiger partial charge on any atom is 0.334 e. The second kappa shape index (κ2) is 9.67. The third-order valence-electron chi connectivity index (χ3n) is 10.9. The Morgan fingerprint density at radius 2 is 1.82 bits per heavy atom. The first-order valence-electron chi connectivity index (χ1n) is 14.1. The van der Waals surface area contributed by atoms with Crippen LogP contribution in [-0.2, 0) is 9.53 Å². The Morgan fingerprint density at radius 3 is 2.52 bits per heavy atom. The predicted molar refractivity (Wildman–Crippen MR) is 135 cm³/mol. The highest BCUT2D eigenvalue weighted by molar-refractivity contribution is 5.74. The summed E-state index contributed by atoms with van der Waals surface area (Å²) in [5.41, 5.74) is 2.35. The topological polar surface area (TPSA) is 46.5 Å². The molecule has 0 radical (unpaired) electrons. The van der Waals surface area contributed by atoms with E-state index in [0.717, 1.165) is 54.8 Å². The molecule has 0 heterocycles. The molecule has 3 nitrogen and oxygen atoms in total. The third-order valence-corrected chi connectivity index (χ3v) is 10.9. The Bertz CT molecular complexity index is 739. The van der Waals surface area contributed by atoms with Gasteiger partial charge in [0.2, 0.25) is 0 Å². The monoisotopic (exact) mass is 458 g/mol. The molecule has 3 saturated carbocycles. The van der Waals surface area contributed by atoms with Crippen molar-refractivity contribution in [3.05, 3.63) is 11.6 Å². The van der Waals surface area contributed by atoms with E-state index in [-0.39, 0.29) is 11.5 Å². The fourth-order valence-electron chi connectivity index (χ4n) is 9.02. The quantitative estimate of drug-likeness (QED) is 0.321. The molecule has 3 fully saturated rings. The van der Waals surface area contributed by atoms with Crippen molar-refractivity contribution in [1.29, 1.82) is 0 Å². The molecule has 1 N–H and O–H groups in total. The fourth-order valence-corrected chi connectivity index (χ4v) is 9.02. The zero-order valence-electron chi connectivity index (χ0n) is 22.2. The summed E-state index contributed by atoms with van der Waals surface area (Å²) in [6, 6.07) is 0. The summed E-state index contributed by atoms with van der Waals surface area (Å²) in [5.74, 6) is 4.64. The van der Waals surface area contributed by atoms with E-state index < -0.39 is 12.1 Å². The first-order chi connectivity index (χ1) is 15.6. The van der Waals surface area contributed by atoms with E-state index in [1.54, 1.807) is 5.57 Å². The van der Waals surface area contributed by atoms with E-state index in [1.807, 2.05) is 0 Å². The van der Waals surface area contributed by atoms with E-state index >= 15 is 0 Å². The van der Waals surface area contributed by atoms with Crippen LogP contribution in [0, 0.1) is 46.3 Å². The van der Waals surface area contributed by atoms with Crippen molar-refractivity contribution in [2.75, 3.05) is 0 Å². The lowest BCUT2D eigenvalue weighted by Gasteiger charge is -2.58. The first kappa shape index (κ1) is 25.3. The molecule has 4 rings (SSSR count). The molecule has 0 unspecified atom stereocenters. The Labute approximate surface area is 203 Å². The number of esters is 1. The summed E-state index contributed by atoms with van der Waals surface area (Å²) in [5, 5.41) is 9.54. The number of allylic oxidation sites excluding steroid dienone is 1. The predicted octanol–water partition coefficient (Wildman–Crippen LogP) is 7.32. The van der Waals surface area contributed by atoms with E-state index in [2.05, 4.69) is 40.7 Å². The highest BCUT2D eigenvalue weighted by atomic mass is 16.6. The smallest absolute Gasteiger partial charge is 0.334 e. The molecule has 0 spiro atoms. The van der Waals surface area contributed by atoms with Gasteiger partial charge in [-0.2, -0.15) is 0 Å². The van der Waals surface area contributed by atoms with Crippen LogP contribution in [0.4, 0.5) is 0 Å². The van der Waals surface area contributed by atoms with Crippen LogP contribution in [0.25, 0.3) is 0 Å². The molecule has 0 aromatic heterocycles. The number of fused-ring (bicyclic) bond motifs is 5. The van der Waals surface area contributed by atoms with Crippen LogP contribution in [0.15, 0.2) is 11.6 Å². The Balaban J connectivity index is 1.45. The number of ether oxygens (including phenoxy) is 1. The summed E-state index contributed by atoms with van der Waals surface area (Å²) in [4.78, 5) is 11.9. The summed E-state index contributed by atoms with van der Waals surface area (Å²) in [7, 11) is 0. The lowest BCUT2D eigenvalue weighted by Crippen LogP contribution is -2.51. The van der Waals surface area contributed by atoms with Crippen molar-refractivity contribution in [1.82, 2.24) is 0 Å². The van der Waals surface area contributed by atoms with Gasteiger partial charge in [0, 0.05) is 6.42 Å². The Kier molecular flexibility index (Phi) is 7.40. The maximum absolute atomic E-state index is 11.9. The van der Waals surface area contributed by atoms with Gasteiger partial charge < -0.3 is 9.84 Å². The molecular weight excluding hydrogens is 408 g/mol. The molecule has 3 heteroatoms. The zero-order chi connectivity index (χ0) is 24.0. The number of hydrogen-bond acceptors (Lipinski definition) is 3. The average Bonchev–Trinajstić information content (AvgIpc) is 3.11. The minimum Gasteiger partial charge on any atom is -0.460 e. The maximum atomic E-state index is 11.9. The van der Waals surface area contributed by atoms with Crippen molar-refractivity contribution in [2.24, 2.45) is 46.3 Å². The normalized spacial score (nSPS) is 42.1. The average molecular weight is 459 g/mol. The van der Waals surface area contributed by atoms with Crippen LogP contribution in [0.5, 0.6) is 0 Å². The molecule has 0 saturated heterocycles. The molecule has 0 aliphatic heterocycles. The summed E-state index contributed by atoms with van der Waals surface area (Å²) >= 11 is 0. The number of aliphatic hydroxyl groups is 1. The lowest BCUT2D eigenvalue weighted by atomic mass is 9.47. The van der Waals surface area contributed by atoms with Gasteiger partial charge in [-0.05, 0) is 98.2 Å². The molecule has 33 heavy (non-hydrogen) atoms. The van der Waals surface area contributed by atoms with Gasteiger partial charge in [0.1, 0.15) is 12.2 Å². The highest BCUT2D eigenvalue weighted by Gasteiger charge is 2.59. The summed E-state index contributed by atoms with van der Waals surface area (Å²) in [6.45, 7) is 14.0. The molecule has 0 aromatic carbocycles. The van der Waals surface area contributed by atoms with Gasteiger partial charge in [0.05, 0.1) is 0 Å². The number of carbonyl (C=O) groups excluding carboxylic acids is 1. The lowest BCUT2D eigenvalue weighted by molar-refractivity contribution is -0.160. The molecule has 4 aliphatic rings. The highest BCUT2D eigenvalue weighted by Crippen LogP contribution is 2.67. The number of aliphatic hydroxyl groups excluding tert-OH is 1. The van der Waals surface area contributed by atoms with Crippen LogP contribution >= 0.6 is 0 Å². The van der Waals surface area contributed by atoms with Crippen molar-refractivity contribution in [3.63, 3.8) is 0 Å². The second-order valence-electron chi connectivity index (χ2n) is 13.3. The first-order valence-corrected chi connectivity index (χ1v) is 14.1. The van der Waals surface area contributed by atoms with E-state index in [4.69, 9.17) is 4.74 Å². The molecule has 4 aliphatic carbocycles. The van der Waals surface area contributed by atoms with Crippen molar-refractivity contribution >= 4 is 5.97 Å². The Hall–Kier alpha value is -0.830. The molecule has 0 aromatic rings. The molecule has 0 amide bonds. The summed E-state index contributed by atoms with van der Waals surface area (Å²) < 4.78 is 5.63. The van der Waals surface area contributed by atoms with Crippen molar-refractivity contribution < 1.29 is 14.6 Å². The number of hydrogen-bond donors (Lipinski definition) is 1. The molecule has 9 atom stereocenters. The third kappa shape index (κ3) is 4.69. The standard InChI is InChI=1S/C30H50O3/c1-19(2)8-7-9-20(3)25-12-13-26-24-11-10-22-18-23(33-28(32)21(4)31)14-16-29(22,5)27(24)15-17-30(25,26)6/h10,19-21,23-27,31H,7-9,11-18H2,1-6H3/t20-,21+,23+,24+,25-,26+,27+,29+,30-/m1/s1. The van der Waals surface area contributed by atoms with Crippen LogP contribution in [0.1, 0.15) is 112 Å². The van der Waals surface area contributed by atoms with E-state index in [0.29, 0.717) is 5.41 Å². The van der Waals surface area contributed by atoms with Crippen molar-refractivity contribution in [2.45, 2.75) is 124 Å². The molecule has 188 valence electrons. The minimum absolute atomic E-state index is 0.0561. The number of rotatable bonds is 7. The fraction of sp³-hybridized carbons (Fsp3) is 0.900. The van der Waals surface area contributed by atoms with Crippen LogP contribution < -0.4 is 0 Å². The number of carbonyl (C=O) groups is 1. The zero-order valence-corrected chi connectivity index (χ0v) is 22.2. The summed E-state index contributed by atoms with van der Waals surface area (Å²) in [6.07, 6.45) is 15.5. The van der Waals surface area contributed by atoms with Crippen LogP contribution in [0.2, 0.25) is 0 Å². The van der Waals surface area contributed by atoms with Crippen LogP contribution in [0.3, 0.4) is 0 Å². The van der Waals surface area contributed by atoms with Gasteiger partial charge in [0.15, 0.2) is 0 Å². The van der Waals surface area contributed by atoms with Gasteiger partial charge in [-0.1, -0.05) is 65.5 Å². The van der Waals surface area contributed by atoms with Crippen molar-refractivity contribution in [3.8, 4) is 0 Å². The van der Waals surface area contributed by atoms with E-state index in [9.17, 15) is 9.90 Å². The van der Waals surface area contributed by atoms with Crippen LogP contribution in [-0.4, -0.2) is 23.3 Å². The minimum atomic E-state index is -1.03. The van der Waals surface area contributed by atoms with Gasteiger partial charge in [-0.15, -0.1) is 0 Å². The second-order valence-corrected chi connectivity index (χ2v) is 13.3. The largest absolute Gasteiger partial charge is 0.460 e. The van der Waals surface area contributed by atoms with E-state index in [1.165, 1.54) is 58.3 Å². The van der Waals surface area contributed by atoms with Gasteiger partial charge in [-0.25, -0.2) is 4.79 Å². The van der Waals surface area contributed by atoms with Gasteiger partial charge in [0.25, 0.3) is 0 Å². The Morgan fingerprint density at radius 1 is 1.06 bits per heavy atom. The molecular formula is C30H50O3. The van der Waals surface area contributed by atoms with Gasteiger partial charge >= 0.3 is 5.97 Å².